The Bertz CT molecular complexity index is 784. The molecule has 1 fully saturated rings. The number of amides is 2. The highest BCUT2D eigenvalue weighted by molar-refractivity contribution is 6.30. The van der Waals surface area contributed by atoms with Crippen LogP contribution in [0.15, 0.2) is 54.9 Å². The Kier molecular flexibility index (Phi) is 4.09. The van der Waals surface area contributed by atoms with E-state index in [-0.39, 0.29) is 0 Å². The second-order valence-corrected chi connectivity index (χ2v) is 5.74. The summed E-state index contributed by atoms with van der Waals surface area (Å²) in [6.45, 7) is 0. The van der Waals surface area contributed by atoms with Crippen LogP contribution in [0.3, 0.4) is 0 Å². The molecule has 114 valence electrons. The number of piperidine rings is 1. The Hall–Kier alpha value is -2.71. The molecular formula is C17H13ClN3O2+. The van der Waals surface area contributed by atoms with E-state index in [2.05, 4.69) is 5.32 Å². The average Bonchev–Trinajstić information content (AvgIpc) is 2.56. The predicted octanol–water partition coefficient (Wildman–Crippen LogP) is 1.75. The molecule has 0 unspecified atom stereocenters. The zero-order valence-corrected chi connectivity index (χ0v) is 12.8. The maximum absolute atomic E-state index is 12.4. The lowest BCUT2D eigenvalue weighted by atomic mass is 9.77. The number of carbonyl (C=O) groups is 2. The minimum absolute atomic E-state index is 0.419. The molecule has 1 aliphatic heterocycles. The zero-order valence-electron chi connectivity index (χ0n) is 12.0. The first-order valence-electron chi connectivity index (χ1n) is 7.07. The van der Waals surface area contributed by atoms with Gasteiger partial charge in [0.15, 0.2) is 12.4 Å². The highest BCUT2D eigenvalue weighted by Crippen LogP contribution is 2.36. The molecule has 2 aromatic rings. The molecule has 1 aliphatic rings. The molecule has 1 N–H and O–H groups in total. The van der Waals surface area contributed by atoms with Crippen molar-refractivity contribution in [3.63, 3.8) is 0 Å². The van der Waals surface area contributed by atoms with Crippen molar-refractivity contribution in [3.05, 3.63) is 65.4 Å². The minimum atomic E-state index is -0.952. The largest absolute Gasteiger partial charge is 0.296 e. The molecule has 0 radical (unpaired) electrons. The van der Waals surface area contributed by atoms with E-state index in [0.29, 0.717) is 5.02 Å². The van der Waals surface area contributed by atoms with Gasteiger partial charge in [-0.3, -0.25) is 14.9 Å². The number of nitriles is 1. The van der Waals surface area contributed by atoms with Crippen LogP contribution in [-0.2, 0) is 9.59 Å². The lowest BCUT2D eigenvalue weighted by Crippen LogP contribution is -2.59. The van der Waals surface area contributed by atoms with Crippen molar-refractivity contribution in [2.45, 2.75) is 12.0 Å². The first-order chi connectivity index (χ1) is 11.1. The first-order valence-corrected chi connectivity index (χ1v) is 7.45. The third kappa shape index (κ3) is 2.81. The number of imide groups is 1. The Morgan fingerprint density at radius 1 is 1.04 bits per heavy atom. The molecule has 1 aromatic carbocycles. The smallest absolute Gasteiger partial charge is 0.289 e. The van der Waals surface area contributed by atoms with Crippen LogP contribution >= 0.6 is 11.6 Å². The second-order valence-electron chi connectivity index (χ2n) is 5.31. The van der Waals surface area contributed by atoms with Gasteiger partial charge in [-0.15, -0.1) is 0 Å². The monoisotopic (exact) mass is 326 g/mol. The first kappa shape index (κ1) is 15.2. The maximum atomic E-state index is 12.4. The fourth-order valence-electron chi connectivity index (χ4n) is 2.90. The van der Waals surface area contributed by atoms with Crippen LogP contribution in [-0.4, -0.2) is 11.8 Å². The van der Waals surface area contributed by atoms with Crippen molar-refractivity contribution >= 4 is 23.4 Å². The van der Waals surface area contributed by atoms with Gasteiger partial charge in [-0.2, -0.15) is 9.83 Å². The SMILES string of the molecule is N#C[C@@H]1C(=O)NC(=O)[C@H]([n+]2ccccc2)[C@H]1c1ccc(Cl)cc1. The van der Waals surface area contributed by atoms with E-state index >= 15 is 0 Å². The molecule has 1 saturated heterocycles. The van der Waals surface area contributed by atoms with Gasteiger partial charge >= 0.3 is 0 Å². The molecule has 5 nitrogen and oxygen atoms in total. The van der Waals surface area contributed by atoms with E-state index in [1.165, 1.54) is 0 Å². The number of benzene rings is 1. The lowest BCUT2D eigenvalue weighted by Gasteiger charge is -2.30. The molecule has 3 atom stereocenters. The van der Waals surface area contributed by atoms with Crippen LogP contribution < -0.4 is 9.88 Å². The van der Waals surface area contributed by atoms with Crippen LogP contribution in [0.2, 0.25) is 5.02 Å². The molecule has 0 aliphatic carbocycles. The van der Waals surface area contributed by atoms with E-state index < -0.39 is 29.7 Å². The van der Waals surface area contributed by atoms with Gasteiger partial charge in [-0.05, 0) is 17.7 Å². The summed E-state index contributed by atoms with van der Waals surface area (Å²) in [5.41, 5.74) is 0.727. The van der Waals surface area contributed by atoms with Crippen molar-refractivity contribution in [2.75, 3.05) is 0 Å². The Morgan fingerprint density at radius 3 is 2.30 bits per heavy atom. The lowest BCUT2D eigenvalue weighted by molar-refractivity contribution is -0.713. The van der Waals surface area contributed by atoms with Gasteiger partial charge < -0.3 is 0 Å². The van der Waals surface area contributed by atoms with Crippen molar-refractivity contribution in [1.29, 1.82) is 5.26 Å². The second kappa shape index (κ2) is 6.19. The number of pyridine rings is 1. The van der Waals surface area contributed by atoms with Gasteiger partial charge in [0.05, 0.1) is 12.0 Å². The Balaban J connectivity index is 2.13. The van der Waals surface area contributed by atoms with Gasteiger partial charge in [0, 0.05) is 17.2 Å². The molecule has 3 rings (SSSR count). The molecule has 0 bridgehead atoms. The predicted molar refractivity (Wildman–Crippen MR) is 82.1 cm³/mol. The van der Waals surface area contributed by atoms with Crippen LogP contribution in [0.1, 0.15) is 17.5 Å². The number of aromatic nitrogens is 1. The Morgan fingerprint density at radius 2 is 1.70 bits per heavy atom. The number of hydrogen-bond acceptors (Lipinski definition) is 3. The molecule has 0 saturated carbocycles. The highest BCUT2D eigenvalue weighted by Gasteiger charge is 2.50. The molecule has 0 spiro atoms. The number of halogens is 1. The highest BCUT2D eigenvalue weighted by atomic mass is 35.5. The summed E-state index contributed by atoms with van der Waals surface area (Å²) in [5, 5.41) is 12.3. The molecule has 6 heteroatoms. The fourth-order valence-corrected chi connectivity index (χ4v) is 3.02. The molecular weight excluding hydrogens is 314 g/mol. The van der Waals surface area contributed by atoms with Gasteiger partial charge in [-0.1, -0.05) is 29.8 Å². The standard InChI is InChI=1S/C17H12ClN3O2/c18-12-6-4-11(5-7-12)14-13(10-19)16(22)20-17(23)15(14)21-8-2-1-3-9-21/h1-9,13-15H/p+1/t13-,14-,15+/m0/s1. The number of nitrogens with zero attached hydrogens (tertiary/aromatic N) is 2. The summed E-state index contributed by atoms with van der Waals surface area (Å²) in [4.78, 5) is 24.5. The van der Waals surface area contributed by atoms with E-state index in [1.807, 2.05) is 12.1 Å². The van der Waals surface area contributed by atoms with E-state index in [0.717, 1.165) is 5.56 Å². The zero-order chi connectivity index (χ0) is 16.4. The van der Waals surface area contributed by atoms with E-state index in [9.17, 15) is 14.9 Å². The van der Waals surface area contributed by atoms with Gasteiger partial charge in [-0.25, -0.2) is 0 Å². The van der Waals surface area contributed by atoms with Crippen molar-refractivity contribution in [3.8, 4) is 6.07 Å². The van der Waals surface area contributed by atoms with Crippen molar-refractivity contribution in [2.24, 2.45) is 5.92 Å². The van der Waals surface area contributed by atoms with Crippen molar-refractivity contribution < 1.29 is 14.2 Å². The number of carbonyl (C=O) groups excluding carboxylic acids is 2. The third-order valence-corrected chi connectivity index (χ3v) is 4.20. The van der Waals surface area contributed by atoms with Crippen LogP contribution in [0, 0.1) is 17.2 Å². The number of nitrogens with one attached hydrogen (secondary N) is 1. The summed E-state index contributed by atoms with van der Waals surface area (Å²) in [6.07, 6.45) is 3.49. The van der Waals surface area contributed by atoms with E-state index in [1.54, 1.807) is 53.4 Å². The van der Waals surface area contributed by atoms with E-state index in [4.69, 9.17) is 11.6 Å². The molecule has 23 heavy (non-hydrogen) atoms. The van der Waals surface area contributed by atoms with Crippen molar-refractivity contribution in [1.82, 2.24) is 5.32 Å². The fraction of sp³-hybridized carbons (Fsp3) is 0.176. The third-order valence-electron chi connectivity index (χ3n) is 3.95. The Labute approximate surface area is 138 Å². The summed E-state index contributed by atoms with van der Waals surface area (Å²) in [7, 11) is 0. The minimum Gasteiger partial charge on any atom is -0.289 e. The van der Waals surface area contributed by atoms with Gasteiger partial charge in [0.1, 0.15) is 5.92 Å². The molecule has 2 heterocycles. The quantitative estimate of drug-likeness (QED) is 0.675. The average molecular weight is 327 g/mol. The topological polar surface area (TPSA) is 73.8 Å². The van der Waals surface area contributed by atoms with Gasteiger partial charge in [0.2, 0.25) is 11.9 Å². The number of rotatable bonds is 2. The maximum Gasteiger partial charge on any atom is 0.296 e. The van der Waals surface area contributed by atoms with Gasteiger partial charge in [0.25, 0.3) is 5.91 Å². The van der Waals surface area contributed by atoms with Crippen LogP contribution in [0.5, 0.6) is 0 Å². The summed E-state index contributed by atoms with van der Waals surface area (Å²) < 4.78 is 1.71. The molecule has 2 amide bonds. The molecule has 1 aromatic heterocycles. The van der Waals surface area contributed by atoms with Crippen LogP contribution in [0.4, 0.5) is 0 Å². The number of hydrogen-bond donors (Lipinski definition) is 1. The normalized spacial score (nSPS) is 23.9. The summed E-state index contributed by atoms with van der Waals surface area (Å²) >= 11 is 5.92. The summed E-state index contributed by atoms with van der Waals surface area (Å²) in [6, 6.07) is 13.7. The summed E-state index contributed by atoms with van der Waals surface area (Å²) in [5.74, 6) is -2.51. The van der Waals surface area contributed by atoms with Crippen LogP contribution in [0.25, 0.3) is 0 Å².